The van der Waals surface area contributed by atoms with Crippen LogP contribution in [-0.4, -0.2) is 43.2 Å². The number of nitrogens with zero attached hydrogens (tertiary/aromatic N) is 1. The van der Waals surface area contributed by atoms with Gasteiger partial charge in [-0.05, 0) is 44.4 Å². The summed E-state index contributed by atoms with van der Waals surface area (Å²) in [6.07, 6.45) is 7.42. The average Bonchev–Trinajstić information content (AvgIpc) is 2.96. The van der Waals surface area contributed by atoms with E-state index in [1.54, 1.807) is 0 Å². The Labute approximate surface area is 144 Å². The standard InChI is InChI=1S/C19H30N2O3/c1-2-16-7-8-18(24-16)17-6-4-3-5-11-21(17)14-19(22)20-15-9-12-23-13-10-15/h7-8,15,17H,2-6,9-14H2,1H3,(H,20,22). The molecule has 2 aliphatic rings. The second kappa shape index (κ2) is 8.67. The molecule has 0 spiro atoms. The van der Waals surface area contributed by atoms with E-state index >= 15 is 0 Å². The Balaban J connectivity index is 1.62. The molecule has 1 N–H and O–H groups in total. The molecule has 0 radical (unpaired) electrons. The monoisotopic (exact) mass is 334 g/mol. The maximum absolute atomic E-state index is 12.5. The van der Waals surface area contributed by atoms with Gasteiger partial charge in [-0.3, -0.25) is 9.69 Å². The third-order valence-electron chi connectivity index (χ3n) is 5.16. The van der Waals surface area contributed by atoms with Gasteiger partial charge in [-0.25, -0.2) is 0 Å². The predicted octanol–water partition coefficient (Wildman–Crippen LogP) is 3.05. The number of nitrogens with one attached hydrogen (secondary N) is 1. The minimum atomic E-state index is 0.135. The van der Waals surface area contributed by atoms with Crippen LogP contribution < -0.4 is 5.32 Å². The van der Waals surface area contributed by atoms with Crippen molar-refractivity contribution < 1.29 is 13.9 Å². The lowest BCUT2D eigenvalue weighted by atomic mass is 10.1. The van der Waals surface area contributed by atoms with E-state index in [4.69, 9.17) is 9.15 Å². The van der Waals surface area contributed by atoms with Gasteiger partial charge < -0.3 is 14.5 Å². The summed E-state index contributed by atoms with van der Waals surface area (Å²) in [5.41, 5.74) is 0. The van der Waals surface area contributed by atoms with Gasteiger partial charge in [0.15, 0.2) is 0 Å². The Bertz CT molecular complexity index is 522. The molecule has 1 atom stereocenters. The first kappa shape index (κ1) is 17.5. The van der Waals surface area contributed by atoms with Gasteiger partial charge in [-0.2, -0.15) is 0 Å². The number of amides is 1. The molecule has 2 fully saturated rings. The van der Waals surface area contributed by atoms with Crippen LogP contribution in [0.3, 0.4) is 0 Å². The van der Waals surface area contributed by atoms with E-state index < -0.39 is 0 Å². The van der Waals surface area contributed by atoms with E-state index in [0.29, 0.717) is 6.54 Å². The summed E-state index contributed by atoms with van der Waals surface area (Å²) >= 11 is 0. The second-order valence-corrected chi connectivity index (χ2v) is 6.95. The molecule has 5 heteroatoms. The van der Waals surface area contributed by atoms with E-state index in [2.05, 4.69) is 29.3 Å². The molecular formula is C19H30N2O3. The summed E-state index contributed by atoms with van der Waals surface area (Å²) in [7, 11) is 0. The number of furan rings is 1. The minimum absolute atomic E-state index is 0.135. The molecule has 134 valence electrons. The number of likely N-dealkylation sites (tertiary alicyclic amines) is 1. The largest absolute Gasteiger partial charge is 0.464 e. The van der Waals surface area contributed by atoms with Crippen LogP contribution in [0.5, 0.6) is 0 Å². The Morgan fingerprint density at radius 3 is 2.79 bits per heavy atom. The zero-order chi connectivity index (χ0) is 16.8. The molecule has 1 unspecified atom stereocenters. The molecule has 2 aliphatic heterocycles. The normalized spacial score (nSPS) is 23.8. The topological polar surface area (TPSA) is 54.7 Å². The van der Waals surface area contributed by atoms with Crippen LogP contribution in [0.25, 0.3) is 0 Å². The number of carbonyl (C=O) groups is 1. The second-order valence-electron chi connectivity index (χ2n) is 6.95. The Kier molecular flexibility index (Phi) is 6.32. The summed E-state index contributed by atoms with van der Waals surface area (Å²) in [5, 5.41) is 3.18. The van der Waals surface area contributed by atoms with Gasteiger partial charge in [0.25, 0.3) is 0 Å². The number of carbonyl (C=O) groups excluding carboxylic acids is 1. The molecule has 0 aromatic carbocycles. The third kappa shape index (κ3) is 4.61. The van der Waals surface area contributed by atoms with Gasteiger partial charge in [-0.15, -0.1) is 0 Å². The highest BCUT2D eigenvalue weighted by Crippen LogP contribution is 2.31. The smallest absolute Gasteiger partial charge is 0.234 e. The zero-order valence-electron chi connectivity index (χ0n) is 14.8. The van der Waals surface area contributed by atoms with E-state index in [0.717, 1.165) is 63.4 Å². The lowest BCUT2D eigenvalue weighted by Crippen LogP contribution is -2.45. The zero-order valence-corrected chi connectivity index (χ0v) is 14.8. The van der Waals surface area contributed by atoms with Crippen LogP contribution in [0.1, 0.15) is 63.0 Å². The average molecular weight is 334 g/mol. The maximum atomic E-state index is 12.5. The highest BCUT2D eigenvalue weighted by molar-refractivity contribution is 5.78. The maximum Gasteiger partial charge on any atom is 0.234 e. The number of ether oxygens (including phenoxy) is 1. The number of aryl methyl sites for hydroxylation is 1. The Hall–Kier alpha value is -1.33. The van der Waals surface area contributed by atoms with Crippen LogP contribution >= 0.6 is 0 Å². The quantitative estimate of drug-likeness (QED) is 0.899. The summed E-state index contributed by atoms with van der Waals surface area (Å²) < 4.78 is 11.4. The summed E-state index contributed by atoms with van der Waals surface area (Å²) in [6.45, 7) is 5.04. The van der Waals surface area contributed by atoms with Crippen molar-refractivity contribution in [3.05, 3.63) is 23.7 Å². The first-order valence-corrected chi connectivity index (χ1v) is 9.46. The van der Waals surface area contributed by atoms with Crippen molar-refractivity contribution in [3.63, 3.8) is 0 Å². The van der Waals surface area contributed by atoms with Crippen LogP contribution in [0.2, 0.25) is 0 Å². The van der Waals surface area contributed by atoms with Crippen molar-refractivity contribution in [2.75, 3.05) is 26.3 Å². The van der Waals surface area contributed by atoms with Gasteiger partial charge in [-0.1, -0.05) is 19.8 Å². The van der Waals surface area contributed by atoms with Gasteiger partial charge in [0.2, 0.25) is 5.91 Å². The molecule has 3 heterocycles. The van der Waals surface area contributed by atoms with E-state index in [9.17, 15) is 4.79 Å². The summed E-state index contributed by atoms with van der Waals surface area (Å²) in [4.78, 5) is 14.8. The molecule has 0 saturated carbocycles. The van der Waals surface area contributed by atoms with Crippen LogP contribution in [-0.2, 0) is 16.0 Å². The molecule has 3 rings (SSSR count). The van der Waals surface area contributed by atoms with Crippen molar-refractivity contribution in [3.8, 4) is 0 Å². The fourth-order valence-electron chi connectivity index (χ4n) is 3.74. The first-order valence-electron chi connectivity index (χ1n) is 9.46. The van der Waals surface area contributed by atoms with Gasteiger partial charge in [0.1, 0.15) is 11.5 Å². The molecule has 1 aromatic heterocycles. The van der Waals surface area contributed by atoms with E-state index in [1.165, 1.54) is 12.8 Å². The van der Waals surface area contributed by atoms with Crippen LogP contribution in [0.4, 0.5) is 0 Å². The molecule has 1 amide bonds. The highest BCUT2D eigenvalue weighted by atomic mass is 16.5. The molecule has 2 saturated heterocycles. The van der Waals surface area contributed by atoms with E-state index in [-0.39, 0.29) is 18.0 Å². The van der Waals surface area contributed by atoms with Gasteiger partial charge >= 0.3 is 0 Å². The lowest BCUT2D eigenvalue weighted by Gasteiger charge is -2.29. The number of hydrogen-bond donors (Lipinski definition) is 1. The van der Waals surface area contributed by atoms with Crippen molar-refractivity contribution in [2.24, 2.45) is 0 Å². The third-order valence-corrected chi connectivity index (χ3v) is 5.16. The fourth-order valence-corrected chi connectivity index (χ4v) is 3.74. The van der Waals surface area contributed by atoms with Crippen molar-refractivity contribution >= 4 is 5.91 Å². The predicted molar refractivity (Wildman–Crippen MR) is 92.9 cm³/mol. The first-order chi connectivity index (χ1) is 11.8. The molecule has 0 bridgehead atoms. The summed E-state index contributed by atoms with van der Waals surface area (Å²) in [5.74, 6) is 2.18. The number of hydrogen-bond acceptors (Lipinski definition) is 4. The fraction of sp³-hybridized carbons (Fsp3) is 0.737. The molecular weight excluding hydrogens is 304 g/mol. The summed E-state index contributed by atoms with van der Waals surface area (Å²) in [6, 6.07) is 4.67. The van der Waals surface area contributed by atoms with Crippen molar-refractivity contribution in [1.82, 2.24) is 10.2 Å². The molecule has 0 aliphatic carbocycles. The van der Waals surface area contributed by atoms with Gasteiger partial charge in [0, 0.05) is 25.7 Å². The van der Waals surface area contributed by atoms with Gasteiger partial charge in [0.05, 0.1) is 12.6 Å². The van der Waals surface area contributed by atoms with Crippen molar-refractivity contribution in [1.29, 1.82) is 0 Å². The molecule has 24 heavy (non-hydrogen) atoms. The number of rotatable bonds is 5. The molecule has 5 nitrogen and oxygen atoms in total. The van der Waals surface area contributed by atoms with Crippen LogP contribution in [0.15, 0.2) is 16.5 Å². The van der Waals surface area contributed by atoms with Crippen molar-refractivity contribution in [2.45, 2.75) is 64.0 Å². The van der Waals surface area contributed by atoms with Crippen LogP contribution in [0, 0.1) is 0 Å². The van der Waals surface area contributed by atoms with E-state index in [1.807, 2.05) is 0 Å². The minimum Gasteiger partial charge on any atom is -0.464 e. The SMILES string of the molecule is CCc1ccc(C2CCCCCN2CC(=O)NC2CCOCC2)o1. The Morgan fingerprint density at radius 1 is 1.21 bits per heavy atom. The Morgan fingerprint density at radius 2 is 2.04 bits per heavy atom. The molecule has 1 aromatic rings. The lowest BCUT2D eigenvalue weighted by molar-refractivity contribution is -0.124. The highest BCUT2D eigenvalue weighted by Gasteiger charge is 2.27.